The minimum atomic E-state index is -0.206. The first-order valence-electron chi connectivity index (χ1n) is 10.8. The minimum absolute atomic E-state index is 0.151. The number of amides is 1. The largest absolute Gasteiger partial charge is 0.508 e. The number of nitrogens with zero attached hydrogens (tertiary/aromatic N) is 3. The van der Waals surface area contributed by atoms with Crippen LogP contribution in [0, 0.1) is 6.92 Å². The van der Waals surface area contributed by atoms with E-state index in [1.165, 1.54) is 17.3 Å². The third kappa shape index (κ3) is 5.47. The van der Waals surface area contributed by atoms with E-state index < -0.39 is 0 Å². The summed E-state index contributed by atoms with van der Waals surface area (Å²) in [5.74, 6) is 0.851. The summed E-state index contributed by atoms with van der Waals surface area (Å²) in [6, 6.07) is 24.7. The maximum Gasteiger partial charge on any atom is 0.248 e. The van der Waals surface area contributed by atoms with Gasteiger partial charge in [-0.25, -0.2) is 0 Å². The fourth-order valence-electron chi connectivity index (χ4n) is 3.32. The molecule has 0 aliphatic carbocycles. The van der Waals surface area contributed by atoms with E-state index in [-0.39, 0.29) is 17.4 Å². The SMILES string of the molecule is C/C=C(\NNC(=O)CSc1nnc(-c2ccc(C)cc2)n1-c1ccccc1)c1ccc(O)cc1. The van der Waals surface area contributed by atoms with Crippen molar-refractivity contribution in [1.29, 1.82) is 0 Å². The molecule has 0 fully saturated rings. The lowest BCUT2D eigenvalue weighted by Crippen LogP contribution is -2.37. The Morgan fingerprint density at radius 1 is 0.971 bits per heavy atom. The van der Waals surface area contributed by atoms with Crippen LogP contribution in [0.5, 0.6) is 5.75 Å². The van der Waals surface area contributed by atoms with Crippen LogP contribution in [0.25, 0.3) is 22.8 Å². The highest BCUT2D eigenvalue weighted by molar-refractivity contribution is 7.99. The summed E-state index contributed by atoms with van der Waals surface area (Å²) in [6.45, 7) is 3.91. The molecule has 0 aliphatic rings. The van der Waals surface area contributed by atoms with Gasteiger partial charge in [0.05, 0.1) is 11.4 Å². The molecule has 34 heavy (non-hydrogen) atoms. The maximum absolute atomic E-state index is 12.6. The summed E-state index contributed by atoms with van der Waals surface area (Å²) >= 11 is 1.31. The second kappa shape index (κ2) is 10.7. The van der Waals surface area contributed by atoms with Gasteiger partial charge in [-0.2, -0.15) is 0 Å². The number of nitrogens with one attached hydrogen (secondary N) is 2. The molecule has 0 saturated heterocycles. The Kier molecular flexibility index (Phi) is 7.29. The van der Waals surface area contributed by atoms with Gasteiger partial charge in [-0.05, 0) is 55.8 Å². The highest BCUT2D eigenvalue weighted by atomic mass is 32.2. The number of aromatic hydroxyl groups is 1. The van der Waals surface area contributed by atoms with Crippen LogP contribution >= 0.6 is 11.8 Å². The highest BCUT2D eigenvalue weighted by Crippen LogP contribution is 2.28. The second-order valence-corrected chi connectivity index (χ2v) is 8.50. The first-order valence-corrected chi connectivity index (χ1v) is 11.7. The Bertz CT molecular complexity index is 1280. The molecule has 0 atom stereocenters. The number of rotatable bonds is 8. The standard InChI is InChI=1S/C26H25N5O2S/c1-3-23(19-13-15-22(32)16-14-19)27-28-24(33)17-34-26-30-29-25(20-11-9-18(2)10-12-20)31(26)21-7-5-4-6-8-21/h3-16,27,32H,17H2,1-2H3,(H,28,33)/b23-3-. The van der Waals surface area contributed by atoms with Crippen LogP contribution < -0.4 is 10.9 Å². The normalized spacial score (nSPS) is 11.3. The predicted octanol–water partition coefficient (Wildman–Crippen LogP) is 4.72. The van der Waals surface area contributed by atoms with Crippen molar-refractivity contribution in [3.05, 3.63) is 96.1 Å². The number of para-hydroxylation sites is 1. The summed E-state index contributed by atoms with van der Waals surface area (Å²) < 4.78 is 1.96. The Morgan fingerprint density at radius 3 is 2.35 bits per heavy atom. The summed E-state index contributed by atoms with van der Waals surface area (Å²) in [5, 5.41) is 18.9. The third-order valence-corrected chi connectivity index (χ3v) is 6.02. The lowest BCUT2D eigenvalue weighted by Gasteiger charge is -2.13. The number of allylic oxidation sites excluding steroid dienone is 1. The van der Waals surface area contributed by atoms with Crippen molar-refractivity contribution < 1.29 is 9.90 Å². The third-order valence-electron chi connectivity index (χ3n) is 5.09. The highest BCUT2D eigenvalue weighted by Gasteiger charge is 2.17. The molecule has 1 heterocycles. The molecule has 172 valence electrons. The fraction of sp³-hybridized carbons (Fsp3) is 0.115. The van der Waals surface area contributed by atoms with E-state index in [1.807, 2.05) is 79.1 Å². The van der Waals surface area contributed by atoms with Crippen LogP contribution in [0.1, 0.15) is 18.1 Å². The zero-order valence-corrected chi connectivity index (χ0v) is 19.7. The number of hydrogen-bond donors (Lipinski definition) is 3. The molecule has 0 unspecified atom stereocenters. The molecule has 1 aromatic heterocycles. The van der Waals surface area contributed by atoms with Gasteiger partial charge in [-0.1, -0.05) is 65.9 Å². The van der Waals surface area contributed by atoms with Gasteiger partial charge >= 0.3 is 0 Å². The average molecular weight is 472 g/mol. The van der Waals surface area contributed by atoms with Crippen molar-refractivity contribution in [2.75, 3.05) is 5.75 Å². The number of phenols is 1. The molecular formula is C26H25N5O2S. The molecule has 0 aliphatic heterocycles. The Balaban J connectivity index is 1.47. The van der Waals surface area contributed by atoms with E-state index >= 15 is 0 Å². The number of hydrazine groups is 1. The summed E-state index contributed by atoms with van der Waals surface area (Å²) in [6.07, 6.45) is 1.85. The Labute approximate surface area is 202 Å². The van der Waals surface area contributed by atoms with Gasteiger partial charge in [0.2, 0.25) is 5.91 Å². The van der Waals surface area contributed by atoms with Crippen molar-refractivity contribution in [3.63, 3.8) is 0 Å². The number of carbonyl (C=O) groups excluding carboxylic acids is 1. The van der Waals surface area contributed by atoms with Gasteiger partial charge in [0.15, 0.2) is 11.0 Å². The van der Waals surface area contributed by atoms with Crippen LogP contribution in [0.4, 0.5) is 0 Å². The number of benzene rings is 3. The van der Waals surface area contributed by atoms with Gasteiger partial charge in [0.1, 0.15) is 5.75 Å². The molecule has 1 amide bonds. The van der Waals surface area contributed by atoms with Crippen molar-refractivity contribution in [2.24, 2.45) is 0 Å². The lowest BCUT2D eigenvalue weighted by molar-refractivity contribution is -0.119. The Hall–Kier alpha value is -4.04. The zero-order chi connectivity index (χ0) is 23.9. The van der Waals surface area contributed by atoms with E-state index in [0.717, 1.165) is 28.3 Å². The van der Waals surface area contributed by atoms with E-state index in [4.69, 9.17) is 0 Å². The molecule has 8 heteroatoms. The molecule has 3 N–H and O–H groups in total. The van der Waals surface area contributed by atoms with E-state index in [9.17, 15) is 9.90 Å². The molecule has 7 nitrogen and oxygen atoms in total. The quantitative estimate of drug-likeness (QED) is 0.254. The smallest absolute Gasteiger partial charge is 0.248 e. The molecule has 0 spiro atoms. The summed E-state index contributed by atoms with van der Waals surface area (Å²) in [5.41, 5.74) is 10.3. The van der Waals surface area contributed by atoms with Crippen molar-refractivity contribution in [3.8, 4) is 22.8 Å². The fourth-order valence-corrected chi connectivity index (χ4v) is 4.07. The lowest BCUT2D eigenvalue weighted by atomic mass is 10.1. The van der Waals surface area contributed by atoms with Crippen molar-refractivity contribution in [1.82, 2.24) is 25.6 Å². The van der Waals surface area contributed by atoms with E-state index in [2.05, 4.69) is 21.0 Å². The summed E-state index contributed by atoms with van der Waals surface area (Å²) in [7, 11) is 0. The van der Waals surface area contributed by atoms with Crippen LogP contribution in [0.2, 0.25) is 0 Å². The van der Waals surface area contributed by atoms with Gasteiger partial charge in [-0.3, -0.25) is 20.2 Å². The number of carbonyl (C=O) groups is 1. The number of thioether (sulfide) groups is 1. The van der Waals surface area contributed by atoms with Crippen LogP contribution in [0.3, 0.4) is 0 Å². The van der Waals surface area contributed by atoms with Crippen molar-refractivity contribution in [2.45, 2.75) is 19.0 Å². The van der Waals surface area contributed by atoms with Gasteiger partial charge in [0.25, 0.3) is 0 Å². The molecule has 4 aromatic rings. The second-order valence-electron chi connectivity index (χ2n) is 7.55. The number of aryl methyl sites for hydroxylation is 1. The van der Waals surface area contributed by atoms with Gasteiger partial charge in [-0.15, -0.1) is 10.2 Å². The molecule has 0 saturated carbocycles. The van der Waals surface area contributed by atoms with E-state index in [0.29, 0.717) is 5.16 Å². The average Bonchev–Trinajstić information content (AvgIpc) is 3.29. The Morgan fingerprint density at radius 2 is 1.68 bits per heavy atom. The monoisotopic (exact) mass is 471 g/mol. The molecular weight excluding hydrogens is 446 g/mol. The van der Waals surface area contributed by atoms with Crippen molar-refractivity contribution >= 4 is 23.4 Å². The predicted molar refractivity (Wildman–Crippen MR) is 135 cm³/mol. The topological polar surface area (TPSA) is 92.1 Å². The van der Waals surface area contributed by atoms with Gasteiger partial charge < -0.3 is 5.11 Å². The zero-order valence-electron chi connectivity index (χ0n) is 18.9. The van der Waals surface area contributed by atoms with Crippen LogP contribution in [-0.2, 0) is 4.79 Å². The number of phenolic OH excluding ortho intramolecular Hbond substituents is 1. The first kappa shape index (κ1) is 23.1. The molecule has 0 radical (unpaired) electrons. The number of aromatic nitrogens is 3. The first-order chi connectivity index (χ1) is 16.5. The van der Waals surface area contributed by atoms with Crippen LogP contribution in [-0.4, -0.2) is 31.5 Å². The number of hydrogen-bond acceptors (Lipinski definition) is 6. The molecule has 4 rings (SSSR count). The molecule has 3 aromatic carbocycles. The maximum atomic E-state index is 12.6. The molecule has 0 bridgehead atoms. The summed E-state index contributed by atoms with van der Waals surface area (Å²) in [4.78, 5) is 12.6. The minimum Gasteiger partial charge on any atom is -0.508 e. The van der Waals surface area contributed by atoms with E-state index in [1.54, 1.807) is 24.3 Å². The van der Waals surface area contributed by atoms with Gasteiger partial charge in [0, 0.05) is 11.3 Å². The van der Waals surface area contributed by atoms with Crippen LogP contribution in [0.15, 0.2) is 90.1 Å².